The minimum absolute atomic E-state index is 0.214. The fraction of sp³-hybridized carbons (Fsp3) is 0.722. The molecule has 0 spiro atoms. The second-order valence-electron chi connectivity index (χ2n) is 8.06. The van der Waals surface area contributed by atoms with E-state index in [4.69, 9.17) is 9.84 Å². The number of fused-ring (bicyclic) bond motifs is 1. The van der Waals surface area contributed by atoms with E-state index in [9.17, 15) is 9.59 Å². The molecule has 1 aromatic heterocycles. The van der Waals surface area contributed by atoms with Gasteiger partial charge in [-0.15, -0.1) is 0 Å². The van der Waals surface area contributed by atoms with E-state index in [1.807, 2.05) is 25.7 Å². The van der Waals surface area contributed by atoms with Crippen LogP contribution in [0.25, 0.3) is 0 Å². The molecule has 9 heteroatoms. The van der Waals surface area contributed by atoms with Crippen LogP contribution in [-0.4, -0.2) is 61.2 Å². The highest BCUT2D eigenvalue weighted by Gasteiger charge is 2.32. The molecule has 27 heavy (non-hydrogen) atoms. The topological polar surface area (TPSA) is 67.7 Å². The molecule has 2 amide bonds. The number of likely N-dealkylation sites (tertiary alicyclic amines) is 1. The number of alkyl halides is 1. The molecule has 3 rings (SSSR count). The maximum Gasteiger partial charge on any atom is 0.410 e. The zero-order valence-corrected chi connectivity index (χ0v) is 19.7. The Morgan fingerprint density at radius 3 is 2.48 bits per heavy atom. The second kappa shape index (κ2) is 8.26. The summed E-state index contributed by atoms with van der Waals surface area (Å²) in [6.07, 6.45) is 2.32. The van der Waals surface area contributed by atoms with Crippen molar-refractivity contribution >= 4 is 50.5 Å². The summed E-state index contributed by atoms with van der Waals surface area (Å²) in [5.74, 6) is 0.214. The molecule has 1 fully saturated rings. The number of halogens is 2. The molecule has 0 atom stereocenters. The number of amides is 2. The number of piperidine rings is 1. The summed E-state index contributed by atoms with van der Waals surface area (Å²) in [5, 5.41) is 4.72. The summed E-state index contributed by atoms with van der Waals surface area (Å²) in [6.45, 7) is 8.34. The number of carbonyl (C=O) groups excluding carboxylic acids is 2. The molecule has 2 aliphatic rings. The number of aromatic nitrogens is 2. The van der Waals surface area contributed by atoms with Crippen LogP contribution in [0.5, 0.6) is 0 Å². The number of nitrogens with zero attached hydrogens (tertiary/aromatic N) is 4. The lowest BCUT2D eigenvalue weighted by Crippen LogP contribution is -2.41. The lowest BCUT2D eigenvalue weighted by molar-refractivity contribution is -0.129. The van der Waals surface area contributed by atoms with Crippen LogP contribution in [0.15, 0.2) is 4.60 Å². The molecule has 0 aliphatic carbocycles. The molecule has 0 saturated carbocycles. The minimum atomic E-state index is -0.498. The Hall–Kier alpha value is -0.840. The third-order valence-corrected chi connectivity index (χ3v) is 6.26. The lowest BCUT2D eigenvalue weighted by Gasteiger charge is -2.34. The number of carbonyl (C=O) groups is 2. The first-order chi connectivity index (χ1) is 12.7. The van der Waals surface area contributed by atoms with Crippen molar-refractivity contribution in [3.63, 3.8) is 0 Å². The van der Waals surface area contributed by atoms with E-state index < -0.39 is 5.60 Å². The number of ether oxygens (including phenoxy) is 1. The Balaban J connectivity index is 1.70. The minimum Gasteiger partial charge on any atom is -0.444 e. The van der Waals surface area contributed by atoms with Gasteiger partial charge in [0.1, 0.15) is 10.2 Å². The van der Waals surface area contributed by atoms with E-state index in [1.165, 1.54) is 5.69 Å². The van der Waals surface area contributed by atoms with Crippen molar-refractivity contribution in [1.29, 1.82) is 0 Å². The van der Waals surface area contributed by atoms with Crippen molar-refractivity contribution in [3.8, 4) is 0 Å². The molecule has 0 aromatic carbocycles. The molecule has 7 nitrogen and oxygen atoms in total. The van der Waals surface area contributed by atoms with Gasteiger partial charge >= 0.3 is 6.09 Å². The Morgan fingerprint density at radius 2 is 1.89 bits per heavy atom. The zero-order chi connectivity index (χ0) is 19.8. The number of hydrogen-bond acceptors (Lipinski definition) is 4. The first-order valence-electron chi connectivity index (χ1n) is 9.27. The lowest BCUT2D eigenvalue weighted by atomic mass is 10.0. The monoisotopic (exact) mass is 552 g/mol. The van der Waals surface area contributed by atoms with Gasteiger partial charge in [0.15, 0.2) is 0 Å². The molecular formula is C18H26BrIN4O3. The van der Waals surface area contributed by atoms with Crippen molar-refractivity contribution in [3.05, 3.63) is 15.9 Å². The molecular weight excluding hydrogens is 527 g/mol. The Morgan fingerprint density at radius 1 is 1.22 bits per heavy atom. The Kier molecular flexibility index (Phi) is 6.39. The van der Waals surface area contributed by atoms with Crippen molar-refractivity contribution in [2.24, 2.45) is 0 Å². The van der Waals surface area contributed by atoms with E-state index in [-0.39, 0.29) is 12.0 Å². The highest BCUT2D eigenvalue weighted by molar-refractivity contribution is 14.1. The van der Waals surface area contributed by atoms with Crippen LogP contribution < -0.4 is 0 Å². The van der Waals surface area contributed by atoms with Crippen LogP contribution >= 0.6 is 38.5 Å². The summed E-state index contributed by atoms with van der Waals surface area (Å²) in [6, 6.07) is 0.302. The summed E-state index contributed by atoms with van der Waals surface area (Å²) < 4.78 is 8.96. The first kappa shape index (κ1) is 20.9. The summed E-state index contributed by atoms with van der Waals surface area (Å²) in [7, 11) is 0. The average Bonchev–Trinajstić information content (AvgIpc) is 2.96. The highest BCUT2D eigenvalue weighted by atomic mass is 127. The molecule has 0 N–H and O–H groups in total. The zero-order valence-electron chi connectivity index (χ0n) is 16.0. The van der Waals surface area contributed by atoms with E-state index in [2.05, 4.69) is 43.2 Å². The van der Waals surface area contributed by atoms with E-state index >= 15 is 0 Å². The quantitative estimate of drug-likeness (QED) is 0.416. The number of hydrogen-bond donors (Lipinski definition) is 0. The van der Waals surface area contributed by atoms with Crippen molar-refractivity contribution < 1.29 is 14.3 Å². The normalized spacial score (nSPS) is 18.4. The van der Waals surface area contributed by atoms with Gasteiger partial charge in [0, 0.05) is 37.3 Å². The average molecular weight is 553 g/mol. The summed E-state index contributed by atoms with van der Waals surface area (Å²) in [4.78, 5) is 28.0. The maximum absolute atomic E-state index is 12.4. The van der Waals surface area contributed by atoms with Gasteiger partial charge in [-0.1, -0.05) is 22.6 Å². The van der Waals surface area contributed by atoms with Crippen molar-refractivity contribution in [2.45, 2.75) is 58.2 Å². The fourth-order valence-electron chi connectivity index (χ4n) is 3.63. The van der Waals surface area contributed by atoms with Gasteiger partial charge in [0.2, 0.25) is 5.91 Å². The molecule has 1 aromatic rings. The van der Waals surface area contributed by atoms with Crippen LogP contribution in [0.4, 0.5) is 4.79 Å². The molecule has 0 radical (unpaired) electrons. The second-order valence-corrected chi connectivity index (χ2v) is 9.57. The number of rotatable bonds is 2. The molecule has 2 aliphatic heterocycles. The molecule has 150 valence electrons. The predicted octanol–water partition coefficient (Wildman–Crippen LogP) is 3.54. The van der Waals surface area contributed by atoms with Gasteiger partial charge in [0.05, 0.1) is 17.0 Å². The smallest absolute Gasteiger partial charge is 0.410 e. The standard InChI is InChI=1S/C18H26BrIN4O3/c1-18(2,3)27-17(26)23-9-6-14-13(11-23)16(19)21-24(14)12-4-7-22(8-5-12)15(25)10-20/h12H,4-11H2,1-3H3. The summed E-state index contributed by atoms with van der Waals surface area (Å²) in [5.41, 5.74) is 1.76. The fourth-order valence-corrected chi connectivity index (χ4v) is 4.64. The molecule has 0 bridgehead atoms. The predicted molar refractivity (Wildman–Crippen MR) is 114 cm³/mol. The van der Waals surface area contributed by atoms with Crippen LogP contribution in [0.1, 0.15) is 50.9 Å². The molecule has 1 saturated heterocycles. The maximum atomic E-state index is 12.4. The van der Waals surface area contributed by atoms with Gasteiger partial charge in [0.25, 0.3) is 0 Å². The van der Waals surface area contributed by atoms with Crippen LogP contribution in [0, 0.1) is 0 Å². The largest absolute Gasteiger partial charge is 0.444 e. The third-order valence-electron chi connectivity index (χ3n) is 4.97. The van der Waals surface area contributed by atoms with Crippen molar-refractivity contribution in [1.82, 2.24) is 19.6 Å². The molecule has 0 unspecified atom stereocenters. The Bertz CT molecular complexity index is 723. The van der Waals surface area contributed by atoms with Gasteiger partial charge in [-0.25, -0.2) is 4.79 Å². The van der Waals surface area contributed by atoms with Gasteiger partial charge in [-0.05, 0) is 49.5 Å². The SMILES string of the molecule is CC(C)(C)OC(=O)N1CCc2c(c(Br)nn2C2CCN(C(=O)CI)CC2)C1. The molecule has 3 heterocycles. The van der Waals surface area contributed by atoms with Gasteiger partial charge < -0.3 is 14.5 Å². The van der Waals surface area contributed by atoms with Crippen LogP contribution in [-0.2, 0) is 22.5 Å². The highest BCUT2D eigenvalue weighted by Crippen LogP contribution is 2.32. The van der Waals surface area contributed by atoms with E-state index in [0.29, 0.717) is 23.6 Å². The van der Waals surface area contributed by atoms with Crippen LogP contribution in [0.2, 0.25) is 0 Å². The van der Waals surface area contributed by atoms with Gasteiger partial charge in [-0.3, -0.25) is 9.48 Å². The van der Waals surface area contributed by atoms with E-state index in [1.54, 1.807) is 4.90 Å². The van der Waals surface area contributed by atoms with E-state index in [0.717, 1.165) is 42.5 Å². The van der Waals surface area contributed by atoms with Crippen LogP contribution in [0.3, 0.4) is 0 Å². The van der Waals surface area contributed by atoms with Gasteiger partial charge in [-0.2, -0.15) is 5.10 Å². The first-order valence-corrected chi connectivity index (χ1v) is 11.6. The van der Waals surface area contributed by atoms with Crippen molar-refractivity contribution in [2.75, 3.05) is 24.1 Å². The third kappa shape index (κ3) is 4.78. The Labute approximate surface area is 182 Å². The summed E-state index contributed by atoms with van der Waals surface area (Å²) >= 11 is 5.70.